The Kier molecular flexibility index (Phi) is 4.21. The monoisotopic (exact) mass is 301 g/mol. The molecule has 1 aromatic carbocycles. The molecule has 0 bridgehead atoms. The third kappa shape index (κ3) is 3.02. The maximum atomic E-state index is 12.8. The van der Waals surface area contributed by atoms with Crippen molar-refractivity contribution >= 4 is 12.0 Å². The molecule has 0 N–H and O–H groups in total. The van der Waals surface area contributed by atoms with Gasteiger partial charge < -0.3 is 14.4 Å². The second kappa shape index (κ2) is 6.13. The highest BCUT2D eigenvalue weighted by Crippen LogP contribution is 2.29. The van der Waals surface area contributed by atoms with Crippen LogP contribution in [-0.4, -0.2) is 43.2 Å². The molecule has 118 valence electrons. The summed E-state index contributed by atoms with van der Waals surface area (Å²) in [5.74, 6) is 0.941. The minimum absolute atomic E-state index is 0.0925. The second-order valence-corrected chi connectivity index (χ2v) is 6.30. The molecule has 2 aliphatic heterocycles. The van der Waals surface area contributed by atoms with E-state index in [1.54, 1.807) is 7.11 Å². The van der Waals surface area contributed by atoms with Crippen LogP contribution >= 0.6 is 0 Å². The fourth-order valence-electron chi connectivity index (χ4n) is 3.10. The van der Waals surface area contributed by atoms with E-state index in [0.717, 1.165) is 49.2 Å². The van der Waals surface area contributed by atoms with E-state index >= 15 is 0 Å². The maximum Gasteiger partial charge on any atom is 0.253 e. The molecule has 0 radical (unpaired) electrons. The fraction of sp³-hybridized carbons (Fsp3) is 0.500. The Morgan fingerprint density at radius 1 is 1.27 bits per heavy atom. The number of amides is 1. The van der Waals surface area contributed by atoms with Gasteiger partial charge in [-0.15, -0.1) is 0 Å². The smallest absolute Gasteiger partial charge is 0.253 e. The minimum atomic E-state index is -0.112. The predicted octanol–water partition coefficient (Wildman–Crippen LogP) is 2.88. The summed E-state index contributed by atoms with van der Waals surface area (Å²) in [5, 5.41) is 0. The number of methoxy groups -OCH3 is 1. The van der Waals surface area contributed by atoms with Gasteiger partial charge in [-0.25, -0.2) is 0 Å². The van der Waals surface area contributed by atoms with Crippen LogP contribution in [0, 0.1) is 0 Å². The number of hydrogen-bond donors (Lipinski definition) is 0. The van der Waals surface area contributed by atoms with Crippen LogP contribution in [0.15, 0.2) is 29.8 Å². The van der Waals surface area contributed by atoms with Gasteiger partial charge >= 0.3 is 0 Å². The first-order valence-electron chi connectivity index (χ1n) is 7.88. The number of nitrogens with zero attached hydrogens (tertiary/aromatic N) is 1. The Balaban J connectivity index is 1.74. The van der Waals surface area contributed by atoms with Crippen molar-refractivity contribution in [1.29, 1.82) is 0 Å². The standard InChI is InChI=1S/C18H23NO3/c1-18(21-2)8-5-10-19(11-9-18)17(20)15-12-14-6-3-4-7-16(14)22-13-15/h3-4,6-7,12H,5,8-11,13H2,1-2H3/t18-/m0/s1. The lowest BCUT2D eigenvalue weighted by Crippen LogP contribution is -2.36. The lowest BCUT2D eigenvalue weighted by Gasteiger charge is -2.27. The number of rotatable bonds is 2. The largest absolute Gasteiger partial charge is 0.488 e. The van der Waals surface area contributed by atoms with Gasteiger partial charge in [-0.1, -0.05) is 18.2 Å². The zero-order valence-corrected chi connectivity index (χ0v) is 13.3. The first kappa shape index (κ1) is 15.1. The van der Waals surface area contributed by atoms with E-state index in [-0.39, 0.29) is 11.5 Å². The van der Waals surface area contributed by atoms with E-state index in [4.69, 9.17) is 9.47 Å². The molecule has 3 rings (SSSR count). The highest BCUT2D eigenvalue weighted by atomic mass is 16.5. The van der Waals surface area contributed by atoms with E-state index in [2.05, 4.69) is 6.92 Å². The Labute approximate surface area is 131 Å². The van der Waals surface area contributed by atoms with Crippen molar-refractivity contribution in [2.45, 2.75) is 31.8 Å². The van der Waals surface area contributed by atoms with Crippen LogP contribution in [0.1, 0.15) is 31.7 Å². The summed E-state index contributed by atoms with van der Waals surface area (Å²) < 4.78 is 11.3. The molecule has 0 spiro atoms. The molecule has 1 saturated heterocycles. The number of hydrogen-bond acceptors (Lipinski definition) is 3. The Morgan fingerprint density at radius 2 is 2.09 bits per heavy atom. The number of benzene rings is 1. The molecule has 1 atom stereocenters. The molecule has 22 heavy (non-hydrogen) atoms. The van der Waals surface area contributed by atoms with Crippen LogP contribution in [0.5, 0.6) is 5.75 Å². The van der Waals surface area contributed by atoms with Gasteiger partial charge in [0.25, 0.3) is 5.91 Å². The van der Waals surface area contributed by atoms with Crippen molar-refractivity contribution in [3.8, 4) is 5.75 Å². The summed E-state index contributed by atoms with van der Waals surface area (Å²) >= 11 is 0. The van der Waals surface area contributed by atoms with Crippen molar-refractivity contribution in [3.63, 3.8) is 0 Å². The molecule has 0 aromatic heterocycles. The highest BCUT2D eigenvalue weighted by molar-refractivity contribution is 5.99. The van der Waals surface area contributed by atoms with Gasteiger partial charge in [0.1, 0.15) is 12.4 Å². The quantitative estimate of drug-likeness (QED) is 0.843. The van der Waals surface area contributed by atoms with Crippen molar-refractivity contribution < 1.29 is 14.3 Å². The van der Waals surface area contributed by atoms with E-state index in [0.29, 0.717) is 6.61 Å². The van der Waals surface area contributed by atoms with Crippen molar-refractivity contribution in [2.24, 2.45) is 0 Å². The van der Waals surface area contributed by atoms with Gasteiger partial charge in [-0.2, -0.15) is 0 Å². The van der Waals surface area contributed by atoms with E-state index in [1.165, 1.54) is 0 Å². The zero-order chi connectivity index (χ0) is 15.6. The molecular weight excluding hydrogens is 278 g/mol. The van der Waals surface area contributed by atoms with E-state index < -0.39 is 0 Å². The second-order valence-electron chi connectivity index (χ2n) is 6.30. The maximum absolute atomic E-state index is 12.8. The number of fused-ring (bicyclic) bond motifs is 1. The summed E-state index contributed by atoms with van der Waals surface area (Å²) in [6.45, 7) is 4.01. The van der Waals surface area contributed by atoms with Crippen LogP contribution in [0.25, 0.3) is 6.08 Å². The third-order valence-electron chi connectivity index (χ3n) is 4.73. The molecule has 1 aromatic rings. The number of carbonyl (C=O) groups is 1. The number of para-hydroxylation sites is 1. The molecule has 4 heteroatoms. The summed E-state index contributed by atoms with van der Waals surface area (Å²) in [7, 11) is 1.76. The summed E-state index contributed by atoms with van der Waals surface area (Å²) in [5.41, 5.74) is 1.60. The van der Waals surface area contributed by atoms with Crippen molar-refractivity contribution in [3.05, 3.63) is 35.4 Å². The normalized spacial score (nSPS) is 24.8. The number of carbonyl (C=O) groups excluding carboxylic acids is 1. The minimum Gasteiger partial charge on any atom is -0.488 e. The van der Waals surface area contributed by atoms with E-state index in [9.17, 15) is 4.79 Å². The van der Waals surface area contributed by atoms with Gasteiger partial charge in [0.05, 0.1) is 11.2 Å². The Morgan fingerprint density at radius 3 is 2.91 bits per heavy atom. The fourth-order valence-corrected chi connectivity index (χ4v) is 3.10. The van der Waals surface area contributed by atoms with Crippen LogP contribution in [0.3, 0.4) is 0 Å². The molecule has 0 unspecified atom stereocenters. The SMILES string of the molecule is CO[C@@]1(C)CCCN(C(=O)C2=Cc3ccccc3OC2)CC1. The Bertz CT molecular complexity index is 596. The molecular formula is C18H23NO3. The summed E-state index contributed by atoms with van der Waals surface area (Å²) in [4.78, 5) is 14.7. The summed E-state index contributed by atoms with van der Waals surface area (Å²) in [6, 6.07) is 7.82. The van der Waals surface area contributed by atoms with E-state index in [1.807, 2.05) is 35.2 Å². The van der Waals surface area contributed by atoms with Crippen LogP contribution in [0.4, 0.5) is 0 Å². The van der Waals surface area contributed by atoms with Crippen LogP contribution in [-0.2, 0) is 9.53 Å². The van der Waals surface area contributed by atoms with Crippen LogP contribution < -0.4 is 4.74 Å². The average molecular weight is 301 g/mol. The Hall–Kier alpha value is -1.81. The lowest BCUT2D eigenvalue weighted by atomic mass is 9.97. The van der Waals surface area contributed by atoms with Gasteiger partial charge in [-0.3, -0.25) is 4.79 Å². The highest BCUT2D eigenvalue weighted by Gasteiger charge is 2.30. The van der Waals surface area contributed by atoms with Crippen molar-refractivity contribution in [1.82, 2.24) is 4.90 Å². The van der Waals surface area contributed by atoms with Gasteiger partial charge in [-0.05, 0) is 38.3 Å². The molecule has 0 aliphatic carbocycles. The molecule has 2 heterocycles. The zero-order valence-electron chi connectivity index (χ0n) is 13.3. The van der Waals surface area contributed by atoms with Crippen LogP contribution in [0.2, 0.25) is 0 Å². The van der Waals surface area contributed by atoms with Gasteiger partial charge in [0, 0.05) is 25.8 Å². The van der Waals surface area contributed by atoms with Gasteiger partial charge in [0.2, 0.25) is 0 Å². The molecule has 2 aliphatic rings. The topological polar surface area (TPSA) is 38.8 Å². The first-order chi connectivity index (χ1) is 10.6. The van der Waals surface area contributed by atoms with Gasteiger partial charge in [0.15, 0.2) is 0 Å². The predicted molar refractivity (Wildman–Crippen MR) is 85.8 cm³/mol. The molecule has 4 nitrogen and oxygen atoms in total. The average Bonchev–Trinajstić information content (AvgIpc) is 2.76. The lowest BCUT2D eigenvalue weighted by molar-refractivity contribution is -0.127. The molecule has 1 fully saturated rings. The van der Waals surface area contributed by atoms with Crippen molar-refractivity contribution in [2.75, 3.05) is 26.8 Å². The summed E-state index contributed by atoms with van der Waals surface area (Å²) in [6.07, 6.45) is 4.80. The third-order valence-corrected chi connectivity index (χ3v) is 4.73. The molecule has 1 amide bonds. The number of likely N-dealkylation sites (tertiary alicyclic amines) is 1. The first-order valence-corrected chi connectivity index (χ1v) is 7.88. The number of ether oxygens (including phenoxy) is 2. The molecule has 0 saturated carbocycles.